The Hall–Kier alpha value is -3.25. The number of carbonyl (C=O) groups excluding carboxylic acids is 2. The SMILES string of the molecule is CC1=Nc2ccccc2C(=O)N(C(C(=O)NC2CCCCC2)c2ccc(Br)cc2)c2ccccc21. The number of fused-ring (bicyclic) bond motifs is 2. The number of anilines is 1. The van der Waals surface area contributed by atoms with E-state index in [-0.39, 0.29) is 17.9 Å². The summed E-state index contributed by atoms with van der Waals surface area (Å²) in [5, 5.41) is 3.28. The smallest absolute Gasteiger partial charge is 0.261 e. The summed E-state index contributed by atoms with van der Waals surface area (Å²) in [6.45, 7) is 1.94. The summed E-state index contributed by atoms with van der Waals surface area (Å²) in [6.07, 6.45) is 5.37. The molecule has 5 nitrogen and oxygen atoms in total. The van der Waals surface area contributed by atoms with Crippen LogP contribution < -0.4 is 10.2 Å². The quantitative estimate of drug-likeness (QED) is 0.406. The highest BCUT2D eigenvalue weighted by Crippen LogP contribution is 2.37. The van der Waals surface area contributed by atoms with Crippen molar-refractivity contribution in [3.63, 3.8) is 0 Å². The summed E-state index contributed by atoms with van der Waals surface area (Å²) in [4.78, 5) is 34.6. The van der Waals surface area contributed by atoms with Crippen LogP contribution in [0.25, 0.3) is 0 Å². The van der Waals surface area contributed by atoms with Crippen molar-refractivity contribution < 1.29 is 9.59 Å². The van der Waals surface area contributed by atoms with Gasteiger partial charge < -0.3 is 5.32 Å². The molecule has 1 aliphatic heterocycles. The first-order valence-corrected chi connectivity index (χ1v) is 13.0. The highest BCUT2D eigenvalue weighted by Gasteiger charge is 2.37. The second kappa shape index (κ2) is 10.2. The first-order valence-electron chi connectivity index (χ1n) is 12.2. The Labute approximate surface area is 214 Å². The molecular formula is C29H28BrN3O2. The summed E-state index contributed by atoms with van der Waals surface area (Å²) in [7, 11) is 0. The number of carbonyl (C=O) groups is 2. The zero-order valence-corrected chi connectivity index (χ0v) is 21.3. The maximum Gasteiger partial charge on any atom is 0.261 e. The Kier molecular flexibility index (Phi) is 6.82. The van der Waals surface area contributed by atoms with Gasteiger partial charge in [0.1, 0.15) is 6.04 Å². The largest absolute Gasteiger partial charge is 0.351 e. The summed E-state index contributed by atoms with van der Waals surface area (Å²) in [5.74, 6) is -0.397. The summed E-state index contributed by atoms with van der Waals surface area (Å²) in [6, 6.07) is 22.0. The molecule has 6 heteroatoms. The number of benzene rings is 3. The lowest BCUT2D eigenvalue weighted by molar-refractivity contribution is -0.123. The predicted molar refractivity (Wildman–Crippen MR) is 143 cm³/mol. The lowest BCUT2D eigenvalue weighted by Gasteiger charge is -2.35. The lowest BCUT2D eigenvalue weighted by atomic mass is 9.94. The number of amides is 2. The van der Waals surface area contributed by atoms with Gasteiger partial charge in [0.05, 0.1) is 16.9 Å². The molecule has 1 heterocycles. The molecule has 35 heavy (non-hydrogen) atoms. The number of nitrogens with one attached hydrogen (secondary N) is 1. The van der Waals surface area contributed by atoms with E-state index in [1.165, 1.54) is 6.42 Å². The topological polar surface area (TPSA) is 61.8 Å². The minimum absolute atomic E-state index is 0.130. The number of nitrogens with zero attached hydrogens (tertiary/aromatic N) is 2. The minimum Gasteiger partial charge on any atom is -0.351 e. The number of halogens is 1. The normalized spacial score (nSPS) is 16.9. The standard InChI is InChI=1S/C29H28BrN3O2/c1-19-23-11-6-8-14-26(23)33(29(35)24-12-5-7-13-25(24)31-19)27(20-15-17-21(30)18-16-20)28(34)32-22-9-3-2-4-10-22/h5-8,11-18,22,27H,2-4,9-10H2,1H3,(H,32,34). The Bertz CT molecular complexity index is 1280. The molecule has 0 bridgehead atoms. The van der Waals surface area contributed by atoms with Crippen molar-refractivity contribution >= 4 is 44.8 Å². The third-order valence-corrected chi connectivity index (χ3v) is 7.37. The van der Waals surface area contributed by atoms with Crippen molar-refractivity contribution in [3.8, 4) is 0 Å². The van der Waals surface area contributed by atoms with Gasteiger partial charge in [-0.15, -0.1) is 0 Å². The highest BCUT2D eigenvalue weighted by molar-refractivity contribution is 9.10. The molecule has 1 atom stereocenters. The van der Waals surface area contributed by atoms with E-state index in [1.807, 2.05) is 73.7 Å². The van der Waals surface area contributed by atoms with E-state index in [9.17, 15) is 9.59 Å². The van der Waals surface area contributed by atoms with E-state index in [0.717, 1.165) is 47.0 Å². The van der Waals surface area contributed by atoms with Crippen LogP contribution in [-0.2, 0) is 4.79 Å². The molecule has 1 aliphatic carbocycles. The molecule has 1 N–H and O–H groups in total. The summed E-state index contributed by atoms with van der Waals surface area (Å²) >= 11 is 3.50. The van der Waals surface area contributed by atoms with Crippen LogP contribution in [0.2, 0.25) is 0 Å². The van der Waals surface area contributed by atoms with E-state index >= 15 is 0 Å². The Balaban J connectivity index is 1.68. The molecule has 5 rings (SSSR count). The van der Waals surface area contributed by atoms with Crippen molar-refractivity contribution in [1.82, 2.24) is 5.32 Å². The van der Waals surface area contributed by atoms with E-state index in [0.29, 0.717) is 16.9 Å². The fourth-order valence-electron chi connectivity index (χ4n) is 5.07. The molecule has 1 unspecified atom stereocenters. The number of para-hydroxylation sites is 2. The molecule has 0 radical (unpaired) electrons. The molecule has 3 aromatic carbocycles. The molecular weight excluding hydrogens is 502 g/mol. The number of hydrogen-bond acceptors (Lipinski definition) is 3. The fraction of sp³-hybridized carbons (Fsp3) is 0.276. The van der Waals surface area contributed by atoms with Crippen molar-refractivity contribution in [2.45, 2.75) is 51.1 Å². The monoisotopic (exact) mass is 529 g/mol. The van der Waals surface area contributed by atoms with Gasteiger partial charge in [0.2, 0.25) is 5.91 Å². The first kappa shape index (κ1) is 23.5. The third-order valence-electron chi connectivity index (χ3n) is 6.84. The third kappa shape index (κ3) is 4.80. The molecule has 3 aromatic rings. The van der Waals surface area contributed by atoms with Gasteiger partial charge in [0.25, 0.3) is 5.91 Å². The molecule has 2 amide bonds. The first-order chi connectivity index (χ1) is 17.0. The van der Waals surface area contributed by atoms with Crippen LogP contribution in [0.15, 0.2) is 82.3 Å². The minimum atomic E-state index is -0.822. The van der Waals surface area contributed by atoms with Gasteiger partial charge in [-0.05, 0) is 55.7 Å². The Morgan fingerprint density at radius 1 is 0.943 bits per heavy atom. The van der Waals surface area contributed by atoms with Gasteiger partial charge in [-0.2, -0.15) is 0 Å². The fourth-order valence-corrected chi connectivity index (χ4v) is 5.33. The molecule has 0 aromatic heterocycles. The molecule has 0 saturated heterocycles. The molecule has 1 fully saturated rings. The van der Waals surface area contributed by atoms with Crippen LogP contribution in [0.4, 0.5) is 11.4 Å². The van der Waals surface area contributed by atoms with E-state index < -0.39 is 6.04 Å². The zero-order chi connectivity index (χ0) is 24.4. The van der Waals surface area contributed by atoms with Crippen molar-refractivity contribution in [2.24, 2.45) is 4.99 Å². The van der Waals surface area contributed by atoms with Crippen LogP contribution in [-0.4, -0.2) is 23.6 Å². The predicted octanol–water partition coefficient (Wildman–Crippen LogP) is 6.74. The van der Waals surface area contributed by atoms with Crippen molar-refractivity contribution in [2.75, 3.05) is 4.90 Å². The molecule has 2 aliphatic rings. The van der Waals surface area contributed by atoms with Gasteiger partial charge >= 0.3 is 0 Å². The van der Waals surface area contributed by atoms with E-state index in [4.69, 9.17) is 4.99 Å². The summed E-state index contributed by atoms with van der Waals surface area (Å²) in [5.41, 5.74) is 4.17. The van der Waals surface area contributed by atoms with Crippen molar-refractivity contribution in [3.05, 3.63) is 94.0 Å². The van der Waals surface area contributed by atoms with E-state index in [2.05, 4.69) is 21.2 Å². The van der Waals surface area contributed by atoms with Gasteiger partial charge in [0.15, 0.2) is 0 Å². The number of hydrogen-bond donors (Lipinski definition) is 1. The Morgan fingerprint density at radius 3 is 2.34 bits per heavy atom. The van der Waals surface area contributed by atoms with Gasteiger partial charge in [0, 0.05) is 21.8 Å². The number of aliphatic imine (C=N–C) groups is 1. The Morgan fingerprint density at radius 2 is 1.60 bits per heavy atom. The van der Waals surface area contributed by atoms with Crippen molar-refractivity contribution in [1.29, 1.82) is 0 Å². The average molecular weight is 530 g/mol. The van der Waals surface area contributed by atoms with Crippen LogP contribution >= 0.6 is 15.9 Å². The average Bonchev–Trinajstić information content (AvgIpc) is 2.88. The van der Waals surface area contributed by atoms with Gasteiger partial charge in [-0.25, -0.2) is 0 Å². The highest BCUT2D eigenvalue weighted by atomic mass is 79.9. The lowest BCUT2D eigenvalue weighted by Crippen LogP contribution is -2.48. The maximum absolute atomic E-state index is 14.2. The second-order valence-corrected chi connectivity index (χ2v) is 10.1. The van der Waals surface area contributed by atoms with Crippen LogP contribution in [0.5, 0.6) is 0 Å². The molecule has 178 valence electrons. The van der Waals surface area contributed by atoms with E-state index in [1.54, 1.807) is 11.0 Å². The van der Waals surface area contributed by atoms with Gasteiger partial charge in [-0.3, -0.25) is 19.5 Å². The van der Waals surface area contributed by atoms with Gasteiger partial charge in [-0.1, -0.05) is 77.7 Å². The number of rotatable bonds is 4. The van der Waals surface area contributed by atoms with Crippen LogP contribution in [0.1, 0.15) is 66.6 Å². The second-order valence-electron chi connectivity index (χ2n) is 9.20. The molecule has 1 saturated carbocycles. The van der Waals surface area contributed by atoms with Crippen LogP contribution in [0.3, 0.4) is 0 Å². The maximum atomic E-state index is 14.2. The molecule has 0 spiro atoms. The van der Waals surface area contributed by atoms with Crippen LogP contribution in [0, 0.1) is 0 Å². The zero-order valence-electron chi connectivity index (χ0n) is 19.7. The summed E-state index contributed by atoms with van der Waals surface area (Å²) < 4.78 is 0.917.